The number of hydrogen-bond acceptors (Lipinski definition) is 8. The highest BCUT2D eigenvalue weighted by molar-refractivity contribution is 5.75. The average molecular weight is 408 g/mol. The number of rotatable bonds is 8. The first-order valence-electron chi connectivity index (χ1n) is 8.10. The van der Waals surface area contributed by atoms with Gasteiger partial charge in [-0.2, -0.15) is 10.1 Å². The fourth-order valence-electron chi connectivity index (χ4n) is 2.51. The van der Waals surface area contributed by atoms with Crippen LogP contribution in [-0.4, -0.2) is 37.4 Å². The van der Waals surface area contributed by atoms with E-state index in [1.165, 1.54) is 6.92 Å². The van der Waals surface area contributed by atoms with Gasteiger partial charge in [0.2, 0.25) is 17.4 Å². The summed E-state index contributed by atoms with van der Waals surface area (Å²) in [4.78, 5) is 25.0. The molecule has 0 unspecified atom stereocenters. The number of aromatic nitrogens is 4. The summed E-state index contributed by atoms with van der Waals surface area (Å²) in [6.07, 6.45) is -3.09. The highest BCUT2D eigenvalue weighted by Gasteiger charge is 2.31. The second-order valence-corrected chi connectivity index (χ2v) is 5.83. The Morgan fingerprint density at radius 3 is 2.62 bits per heavy atom. The lowest BCUT2D eigenvalue weighted by Crippen LogP contribution is -2.19. The van der Waals surface area contributed by atoms with Gasteiger partial charge in [-0.25, -0.2) is 8.78 Å². The molecule has 13 heteroatoms. The Hall–Kier alpha value is -3.90. The van der Waals surface area contributed by atoms with Crippen LogP contribution in [0.5, 0.6) is 5.75 Å². The van der Waals surface area contributed by atoms with E-state index >= 15 is 0 Å². The van der Waals surface area contributed by atoms with Gasteiger partial charge in [0.15, 0.2) is 6.61 Å². The van der Waals surface area contributed by atoms with Crippen molar-refractivity contribution in [2.24, 2.45) is 5.73 Å². The quantitative estimate of drug-likeness (QED) is 0.439. The van der Waals surface area contributed by atoms with Gasteiger partial charge in [0.1, 0.15) is 18.0 Å². The number of halogens is 2. The number of nitrogens with two attached hydrogens (primary N) is 1. The van der Waals surface area contributed by atoms with Crippen molar-refractivity contribution in [2.45, 2.75) is 19.9 Å². The van der Waals surface area contributed by atoms with Crippen LogP contribution in [-0.2, 0) is 11.3 Å². The Labute approximate surface area is 161 Å². The van der Waals surface area contributed by atoms with Gasteiger partial charge in [-0.05, 0) is 31.2 Å². The standard InChI is InChI=1S/C16H14F2N6O5/c1-8-14(24(26)27)13(15(17)18)21-23(8)6-12-20-16(22-29-12)9-2-4-10(5-3-9)28-7-11(19)25/h2-5,15H,6-7H2,1H3,(H2,19,25). The van der Waals surface area contributed by atoms with Crippen molar-refractivity contribution in [2.75, 3.05) is 6.61 Å². The number of ether oxygens (including phenoxy) is 1. The molecule has 0 aliphatic rings. The molecular formula is C16H14F2N6O5. The van der Waals surface area contributed by atoms with Crippen molar-refractivity contribution in [1.82, 2.24) is 19.9 Å². The second kappa shape index (κ2) is 8.00. The molecular weight excluding hydrogens is 394 g/mol. The number of nitrogens with zero attached hydrogens (tertiary/aromatic N) is 5. The minimum Gasteiger partial charge on any atom is -0.484 e. The molecule has 0 spiro atoms. The second-order valence-electron chi connectivity index (χ2n) is 5.83. The summed E-state index contributed by atoms with van der Waals surface area (Å²) in [5.41, 5.74) is 3.84. The van der Waals surface area contributed by atoms with Crippen LogP contribution in [0.4, 0.5) is 14.5 Å². The third-order valence-electron chi connectivity index (χ3n) is 3.84. The minimum atomic E-state index is -3.09. The summed E-state index contributed by atoms with van der Waals surface area (Å²) < 4.78 is 37.3. The Kier molecular flexibility index (Phi) is 5.47. The zero-order chi connectivity index (χ0) is 21.1. The zero-order valence-corrected chi connectivity index (χ0v) is 14.9. The van der Waals surface area contributed by atoms with E-state index < -0.39 is 28.6 Å². The van der Waals surface area contributed by atoms with Crippen LogP contribution in [0, 0.1) is 17.0 Å². The summed E-state index contributed by atoms with van der Waals surface area (Å²) in [7, 11) is 0. The molecule has 29 heavy (non-hydrogen) atoms. The molecule has 0 saturated carbocycles. The lowest BCUT2D eigenvalue weighted by atomic mass is 10.2. The third kappa shape index (κ3) is 4.34. The Morgan fingerprint density at radius 1 is 1.38 bits per heavy atom. The van der Waals surface area contributed by atoms with Gasteiger partial charge in [-0.15, -0.1) is 0 Å². The van der Waals surface area contributed by atoms with Gasteiger partial charge >= 0.3 is 5.69 Å². The number of carbonyl (C=O) groups excluding carboxylic acids is 1. The minimum absolute atomic E-state index is 0.0235. The number of hydrogen-bond donors (Lipinski definition) is 1. The first-order chi connectivity index (χ1) is 13.8. The summed E-state index contributed by atoms with van der Waals surface area (Å²) in [6.45, 7) is 0.826. The molecule has 0 radical (unpaired) electrons. The van der Waals surface area contributed by atoms with Crippen molar-refractivity contribution in [3.8, 4) is 17.1 Å². The van der Waals surface area contributed by atoms with Gasteiger partial charge in [0, 0.05) is 5.56 Å². The maximum absolute atomic E-state index is 13.0. The Morgan fingerprint density at radius 2 is 2.07 bits per heavy atom. The van der Waals surface area contributed by atoms with Gasteiger partial charge in [0.05, 0.1) is 4.92 Å². The lowest BCUT2D eigenvalue weighted by Gasteiger charge is -2.03. The molecule has 0 atom stereocenters. The molecule has 0 aliphatic heterocycles. The molecule has 0 saturated heterocycles. The van der Waals surface area contributed by atoms with E-state index in [0.717, 1.165) is 4.68 Å². The van der Waals surface area contributed by atoms with E-state index in [0.29, 0.717) is 11.3 Å². The van der Waals surface area contributed by atoms with Gasteiger partial charge in [-0.3, -0.25) is 19.6 Å². The molecule has 0 aliphatic carbocycles. The van der Waals surface area contributed by atoms with Crippen LogP contribution < -0.4 is 10.5 Å². The van der Waals surface area contributed by atoms with E-state index in [-0.39, 0.29) is 30.6 Å². The molecule has 1 amide bonds. The van der Waals surface area contributed by atoms with Crippen molar-refractivity contribution < 1.29 is 27.8 Å². The number of nitro groups is 1. The van der Waals surface area contributed by atoms with E-state index in [9.17, 15) is 23.7 Å². The molecule has 2 N–H and O–H groups in total. The maximum Gasteiger partial charge on any atom is 0.319 e. The highest BCUT2D eigenvalue weighted by atomic mass is 19.3. The van der Waals surface area contributed by atoms with Crippen LogP contribution >= 0.6 is 0 Å². The molecule has 11 nitrogen and oxygen atoms in total. The first kappa shape index (κ1) is 19.9. The molecule has 0 fully saturated rings. The van der Waals surface area contributed by atoms with Crippen LogP contribution in [0.3, 0.4) is 0 Å². The predicted octanol–water partition coefficient (Wildman–Crippen LogP) is 2.00. The van der Waals surface area contributed by atoms with Gasteiger partial charge in [-0.1, -0.05) is 5.16 Å². The summed E-state index contributed by atoms with van der Waals surface area (Å²) in [5.74, 6) is 0.0292. The Bertz CT molecular complexity index is 1050. The molecule has 1 aromatic carbocycles. The fraction of sp³-hybridized carbons (Fsp3) is 0.250. The highest BCUT2D eigenvalue weighted by Crippen LogP contribution is 2.31. The normalized spacial score (nSPS) is 11.0. The van der Waals surface area contributed by atoms with E-state index in [1.54, 1.807) is 24.3 Å². The number of benzene rings is 1. The molecule has 3 rings (SSSR count). The van der Waals surface area contributed by atoms with Crippen LogP contribution in [0.1, 0.15) is 23.7 Å². The van der Waals surface area contributed by atoms with Crippen LogP contribution in [0.15, 0.2) is 28.8 Å². The molecule has 0 bridgehead atoms. The van der Waals surface area contributed by atoms with Crippen molar-refractivity contribution in [3.63, 3.8) is 0 Å². The smallest absolute Gasteiger partial charge is 0.319 e. The molecule has 2 heterocycles. The van der Waals surface area contributed by atoms with E-state index in [2.05, 4.69) is 15.2 Å². The number of primary amides is 1. The maximum atomic E-state index is 13.0. The largest absolute Gasteiger partial charge is 0.484 e. The van der Waals surface area contributed by atoms with Gasteiger partial charge in [0.25, 0.3) is 12.3 Å². The zero-order valence-electron chi connectivity index (χ0n) is 14.9. The lowest BCUT2D eigenvalue weighted by molar-refractivity contribution is -0.386. The van der Waals surface area contributed by atoms with Gasteiger partial charge < -0.3 is 15.0 Å². The number of alkyl halides is 2. The third-order valence-corrected chi connectivity index (χ3v) is 3.84. The first-order valence-corrected chi connectivity index (χ1v) is 8.10. The van der Waals surface area contributed by atoms with Crippen LogP contribution in [0.25, 0.3) is 11.4 Å². The SMILES string of the molecule is Cc1c([N+](=O)[O-])c(C(F)F)nn1Cc1nc(-c2ccc(OCC(N)=O)cc2)no1. The average Bonchev–Trinajstić information content (AvgIpc) is 3.26. The summed E-state index contributed by atoms with van der Waals surface area (Å²) in [6, 6.07) is 6.38. The van der Waals surface area contributed by atoms with Crippen LogP contribution in [0.2, 0.25) is 0 Å². The van der Waals surface area contributed by atoms with Crippen molar-refractivity contribution >= 4 is 11.6 Å². The monoisotopic (exact) mass is 408 g/mol. The van der Waals surface area contributed by atoms with Crippen molar-refractivity contribution in [1.29, 1.82) is 0 Å². The molecule has 2 aromatic heterocycles. The number of amides is 1. The molecule has 152 valence electrons. The summed E-state index contributed by atoms with van der Waals surface area (Å²) in [5, 5.41) is 18.4. The van der Waals surface area contributed by atoms with E-state index in [1.807, 2.05) is 0 Å². The fourth-order valence-corrected chi connectivity index (χ4v) is 2.51. The number of carbonyl (C=O) groups is 1. The Balaban J connectivity index is 1.78. The molecule has 3 aromatic rings. The van der Waals surface area contributed by atoms with E-state index in [4.69, 9.17) is 15.0 Å². The predicted molar refractivity (Wildman–Crippen MR) is 92.1 cm³/mol. The summed E-state index contributed by atoms with van der Waals surface area (Å²) >= 11 is 0. The topological polar surface area (TPSA) is 152 Å². The van der Waals surface area contributed by atoms with Crippen molar-refractivity contribution in [3.05, 3.63) is 51.7 Å².